The van der Waals surface area contributed by atoms with Crippen molar-refractivity contribution in [1.82, 2.24) is 0 Å². The third-order valence-electron chi connectivity index (χ3n) is 5.08. The summed E-state index contributed by atoms with van der Waals surface area (Å²) in [5, 5.41) is 2.13. The Morgan fingerprint density at radius 1 is 0.969 bits per heavy atom. The molecule has 5 nitrogen and oxygen atoms in total. The van der Waals surface area contributed by atoms with Crippen molar-refractivity contribution in [2.45, 2.75) is 4.90 Å². The first kappa shape index (κ1) is 21.0. The second kappa shape index (κ2) is 8.58. The lowest BCUT2D eigenvalue weighted by Gasteiger charge is -2.17. The first-order valence-corrected chi connectivity index (χ1v) is 11.8. The second-order valence-corrected chi connectivity index (χ2v) is 9.52. The summed E-state index contributed by atoms with van der Waals surface area (Å²) < 4.78 is 5.38. The predicted octanol–water partition coefficient (Wildman–Crippen LogP) is 6.53. The van der Waals surface area contributed by atoms with Gasteiger partial charge < -0.3 is 9.64 Å². The summed E-state index contributed by atoms with van der Waals surface area (Å²) in [6.45, 7) is 0. The van der Waals surface area contributed by atoms with Crippen LogP contribution in [0, 0.1) is 0 Å². The minimum atomic E-state index is -0.0944. The monoisotopic (exact) mass is 479 g/mol. The minimum absolute atomic E-state index is 0.0944. The number of fused-ring (bicyclic) bond motifs is 1. The molecular formula is C24H18ClN3O2S2. The molecule has 5 rings (SSSR count). The molecule has 160 valence electrons. The van der Waals surface area contributed by atoms with Gasteiger partial charge in [0.25, 0.3) is 5.91 Å². The molecule has 3 aromatic rings. The number of anilines is 2. The fraction of sp³-hybridized carbons (Fsp3) is 0.0833. The number of amidine groups is 1. The number of halogens is 1. The van der Waals surface area contributed by atoms with Crippen LogP contribution in [0.25, 0.3) is 0 Å². The second-order valence-electron chi connectivity index (χ2n) is 7.08. The van der Waals surface area contributed by atoms with Gasteiger partial charge in [-0.05, 0) is 60.3 Å². The van der Waals surface area contributed by atoms with E-state index in [4.69, 9.17) is 21.3 Å². The number of nitrogens with zero attached hydrogens (tertiary/aromatic N) is 3. The van der Waals surface area contributed by atoms with Gasteiger partial charge in [-0.2, -0.15) is 0 Å². The van der Waals surface area contributed by atoms with Crippen LogP contribution in [-0.4, -0.2) is 25.2 Å². The number of amides is 1. The minimum Gasteiger partial charge on any atom is -0.497 e. The van der Waals surface area contributed by atoms with Crippen LogP contribution in [-0.2, 0) is 4.79 Å². The van der Waals surface area contributed by atoms with Crippen molar-refractivity contribution >= 4 is 63.3 Å². The van der Waals surface area contributed by atoms with E-state index in [1.165, 1.54) is 11.8 Å². The Morgan fingerprint density at radius 3 is 2.44 bits per heavy atom. The Bertz CT molecular complexity index is 1260. The predicted molar refractivity (Wildman–Crippen MR) is 134 cm³/mol. The van der Waals surface area contributed by atoms with E-state index in [1.54, 1.807) is 35.9 Å². The normalized spacial score (nSPS) is 19.1. The number of methoxy groups -OCH3 is 1. The van der Waals surface area contributed by atoms with Crippen LogP contribution in [0.15, 0.2) is 92.6 Å². The van der Waals surface area contributed by atoms with Crippen molar-refractivity contribution < 1.29 is 9.53 Å². The molecule has 0 aliphatic carbocycles. The van der Waals surface area contributed by atoms with Gasteiger partial charge in [-0.3, -0.25) is 9.69 Å². The number of ether oxygens (including phenoxy) is 1. The molecule has 0 spiro atoms. The number of para-hydroxylation sites is 1. The highest BCUT2D eigenvalue weighted by Crippen LogP contribution is 2.51. The largest absolute Gasteiger partial charge is 0.497 e. The van der Waals surface area contributed by atoms with Gasteiger partial charge in [0.05, 0.1) is 29.2 Å². The van der Waals surface area contributed by atoms with Crippen molar-refractivity contribution in [3.63, 3.8) is 0 Å². The standard InChI is InChI=1S/C24H18ClN3O2S2/c1-27-19-14-18(30-2)12-13-20(19)31-23(27)21-22(29)28(17-6-4-3-5-7-17)24(32-21)26-16-10-8-15(25)9-11-16/h3-14H,1-2H3/b23-21-,26-24?. The third-order valence-corrected chi connectivity index (χ3v) is 7.73. The van der Waals surface area contributed by atoms with Crippen molar-refractivity contribution in [2.75, 3.05) is 24.0 Å². The summed E-state index contributed by atoms with van der Waals surface area (Å²) in [5.41, 5.74) is 2.52. The number of thioether (sulfide) groups is 2. The lowest BCUT2D eigenvalue weighted by molar-refractivity contribution is -0.113. The van der Waals surface area contributed by atoms with E-state index in [-0.39, 0.29) is 5.91 Å². The van der Waals surface area contributed by atoms with Crippen LogP contribution in [0.5, 0.6) is 5.75 Å². The molecule has 0 N–H and O–H groups in total. The number of hydrogen-bond acceptors (Lipinski definition) is 6. The van der Waals surface area contributed by atoms with E-state index in [9.17, 15) is 4.79 Å². The third kappa shape index (κ3) is 3.77. The molecule has 1 saturated heterocycles. The van der Waals surface area contributed by atoms with Crippen molar-refractivity contribution in [3.05, 3.63) is 87.8 Å². The molecule has 3 aromatic carbocycles. The maximum atomic E-state index is 13.6. The number of rotatable bonds is 3. The highest BCUT2D eigenvalue weighted by Gasteiger charge is 2.40. The molecule has 0 aromatic heterocycles. The molecule has 0 bridgehead atoms. The lowest BCUT2D eigenvalue weighted by atomic mass is 10.2. The van der Waals surface area contributed by atoms with E-state index >= 15 is 0 Å². The maximum absolute atomic E-state index is 13.6. The van der Waals surface area contributed by atoms with E-state index in [0.29, 0.717) is 15.1 Å². The maximum Gasteiger partial charge on any atom is 0.274 e. The number of hydrogen-bond donors (Lipinski definition) is 0. The molecule has 1 amide bonds. The average Bonchev–Trinajstić information content (AvgIpc) is 3.31. The number of carbonyl (C=O) groups is 1. The highest BCUT2D eigenvalue weighted by molar-refractivity contribution is 8.20. The van der Waals surface area contributed by atoms with Crippen molar-refractivity contribution in [1.29, 1.82) is 0 Å². The summed E-state index contributed by atoms with van der Waals surface area (Å²) in [6.07, 6.45) is 0. The van der Waals surface area contributed by atoms with Crippen LogP contribution in [0.4, 0.5) is 17.1 Å². The average molecular weight is 480 g/mol. The molecule has 1 fully saturated rings. The van der Waals surface area contributed by atoms with E-state index in [2.05, 4.69) is 0 Å². The summed E-state index contributed by atoms with van der Waals surface area (Å²) in [4.78, 5) is 23.9. The van der Waals surface area contributed by atoms with Gasteiger partial charge in [0.15, 0.2) is 5.17 Å². The molecule has 2 aliphatic rings. The molecule has 0 unspecified atom stereocenters. The van der Waals surface area contributed by atoms with Crippen LogP contribution in [0.2, 0.25) is 5.02 Å². The number of aliphatic imine (C=N–C) groups is 1. The van der Waals surface area contributed by atoms with Gasteiger partial charge in [0.1, 0.15) is 10.7 Å². The molecule has 0 radical (unpaired) electrons. The summed E-state index contributed by atoms with van der Waals surface area (Å²) in [7, 11) is 3.62. The Kier molecular flexibility index (Phi) is 5.63. The SMILES string of the molecule is COc1ccc2c(c1)N(C)/C(=C1/SC(=Nc3ccc(Cl)cc3)N(c3ccccc3)C1=O)S2. The van der Waals surface area contributed by atoms with Gasteiger partial charge in [-0.15, -0.1) is 0 Å². The van der Waals surface area contributed by atoms with Gasteiger partial charge in [-0.1, -0.05) is 41.6 Å². The van der Waals surface area contributed by atoms with Gasteiger partial charge >= 0.3 is 0 Å². The van der Waals surface area contributed by atoms with Crippen LogP contribution < -0.4 is 14.5 Å². The summed E-state index contributed by atoms with van der Waals surface area (Å²) in [6, 6.07) is 22.8. The van der Waals surface area contributed by atoms with Crippen LogP contribution >= 0.6 is 35.1 Å². The van der Waals surface area contributed by atoms with Crippen LogP contribution in [0.3, 0.4) is 0 Å². The van der Waals surface area contributed by atoms with Gasteiger partial charge in [0.2, 0.25) is 0 Å². The molecule has 0 saturated carbocycles. The van der Waals surface area contributed by atoms with E-state index in [0.717, 1.165) is 32.7 Å². The lowest BCUT2D eigenvalue weighted by Crippen LogP contribution is -2.29. The Labute approximate surface area is 199 Å². The Morgan fingerprint density at radius 2 is 1.72 bits per heavy atom. The van der Waals surface area contributed by atoms with Crippen molar-refractivity contribution in [3.8, 4) is 5.75 Å². The zero-order valence-electron chi connectivity index (χ0n) is 17.3. The Hall–Kier alpha value is -2.87. The van der Waals surface area contributed by atoms with Crippen molar-refractivity contribution in [2.24, 2.45) is 4.99 Å². The number of carbonyl (C=O) groups excluding carboxylic acids is 1. The molecular weight excluding hydrogens is 462 g/mol. The first-order chi connectivity index (χ1) is 15.5. The molecule has 8 heteroatoms. The molecule has 32 heavy (non-hydrogen) atoms. The highest BCUT2D eigenvalue weighted by atomic mass is 35.5. The van der Waals surface area contributed by atoms with Gasteiger partial charge in [0, 0.05) is 23.0 Å². The first-order valence-electron chi connectivity index (χ1n) is 9.80. The zero-order valence-corrected chi connectivity index (χ0v) is 19.7. The zero-order chi connectivity index (χ0) is 22.2. The Balaban J connectivity index is 1.59. The smallest absolute Gasteiger partial charge is 0.274 e. The fourth-order valence-corrected chi connectivity index (χ4v) is 5.91. The summed E-state index contributed by atoms with van der Waals surface area (Å²) >= 11 is 8.99. The quantitative estimate of drug-likeness (QED) is 0.400. The number of benzene rings is 3. The van der Waals surface area contributed by atoms with Crippen LogP contribution in [0.1, 0.15) is 0 Å². The topological polar surface area (TPSA) is 45.1 Å². The fourth-order valence-electron chi connectivity index (χ4n) is 3.46. The summed E-state index contributed by atoms with van der Waals surface area (Å²) in [5.74, 6) is 0.687. The van der Waals surface area contributed by atoms with E-state index in [1.807, 2.05) is 72.6 Å². The molecule has 2 heterocycles. The van der Waals surface area contributed by atoms with E-state index < -0.39 is 0 Å². The molecule has 2 aliphatic heterocycles. The molecule has 0 atom stereocenters. The van der Waals surface area contributed by atoms with Gasteiger partial charge in [-0.25, -0.2) is 4.99 Å².